The van der Waals surface area contributed by atoms with Crippen LogP contribution in [0.5, 0.6) is 0 Å². The third-order valence-electron chi connectivity index (χ3n) is 3.71. The van der Waals surface area contributed by atoms with Crippen LogP contribution in [0.4, 0.5) is 11.4 Å². The van der Waals surface area contributed by atoms with E-state index in [2.05, 4.69) is 54.3 Å². The first-order valence-corrected chi connectivity index (χ1v) is 7.14. The number of fused-ring (bicyclic) bond motifs is 1. The summed E-state index contributed by atoms with van der Waals surface area (Å²) in [5, 5.41) is 2.47. The van der Waals surface area contributed by atoms with Gasteiger partial charge in [-0.05, 0) is 42.6 Å². The van der Waals surface area contributed by atoms with Crippen molar-refractivity contribution in [1.82, 2.24) is 0 Å². The molecule has 0 unspecified atom stereocenters. The Morgan fingerprint density at radius 1 is 0.905 bits per heavy atom. The van der Waals surface area contributed by atoms with Crippen molar-refractivity contribution >= 4 is 28.4 Å². The third kappa shape index (κ3) is 2.52. The lowest BCUT2D eigenvalue weighted by molar-refractivity contribution is 0.112. The molecule has 0 amide bonds. The highest BCUT2D eigenvalue weighted by atomic mass is 16.1. The topological polar surface area (TPSA) is 20.3 Å². The molecule has 3 rings (SSSR count). The molecular formula is C19H17NO. The third-order valence-corrected chi connectivity index (χ3v) is 3.71. The van der Waals surface area contributed by atoms with Crippen LogP contribution >= 0.6 is 0 Å². The van der Waals surface area contributed by atoms with E-state index in [0.29, 0.717) is 5.56 Å². The number of rotatable bonds is 4. The van der Waals surface area contributed by atoms with Gasteiger partial charge in [0, 0.05) is 28.9 Å². The normalized spacial score (nSPS) is 10.5. The van der Waals surface area contributed by atoms with Gasteiger partial charge in [-0.1, -0.05) is 36.4 Å². The van der Waals surface area contributed by atoms with Crippen molar-refractivity contribution in [3.8, 4) is 0 Å². The second kappa shape index (κ2) is 5.80. The van der Waals surface area contributed by atoms with E-state index in [1.54, 1.807) is 0 Å². The van der Waals surface area contributed by atoms with Crippen molar-refractivity contribution in [1.29, 1.82) is 0 Å². The van der Waals surface area contributed by atoms with Crippen LogP contribution in [0.15, 0.2) is 66.7 Å². The van der Waals surface area contributed by atoms with E-state index >= 15 is 0 Å². The van der Waals surface area contributed by atoms with Crippen LogP contribution in [0.2, 0.25) is 0 Å². The number of carbonyl (C=O) groups excluding carboxylic acids is 1. The number of carbonyl (C=O) groups is 1. The Morgan fingerprint density at radius 2 is 1.62 bits per heavy atom. The van der Waals surface area contributed by atoms with E-state index < -0.39 is 0 Å². The van der Waals surface area contributed by atoms with Crippen molar-refractivity contribution < 1.29 is 4.79 Å². The summed E-state index contributed by atoms with van der Waals surface area (Å²) in [7, 11) is 0. The van der Waals surface area contributed by atoms with Gasteiger partial charge in [0.15, 0.2) is 0 Å². The fourth-order valence-corrected chi connectivity index (χ4v) is 2.67. The van der Waals surface area contributed by atoms with Crippen molar-refractivity contribution in [2.24, 2.45) is 0 Å². The molecule has 0 aromatic heterocycles. The molecule has 0 aliphatic heterocycles. The molecule has 2 heteroatoms. The van der Waals surface area contributed by atoms with Crippen molar-refractivity contribution in [3.05, 3.63) is 72.3 Å². The first kappa shape index (κ1) is 13.4. The molecule has 0 N–H and O–H groups in total. The molecule has 104 valence electrons. The molecule has 0 heterocycles. The average Bonchev–Trinajstić information content (AvgIpc) is 2.56. The molecule has 0 atom stereocenters. The van der Waals surface area contributed by atoms with Gasteiger partial charge in [-0.25, -0.2) is 0 Å². The molecule has 0 radical (unpaired) electrons. The maximum absolute atomic E-state index is 10.8. The van der Waals surface area contributed by atoms with Crippen LogP contribution in [-0.4, -0.2) is 12.8 Å². The summed E-state index contributed by atoms with van der Waals surface area (Å²) in [6.07, 6.45) is 0.873. The highest BCUT2D eigenvalue weighted by Gasteiger charge is 2.10. The molecular weight excluding hydrogens is 258 g/mol. The zero-order valence-electron chi connectivity index (χ0n) is 12.0. The van der Waals surface area contributed by atoms with Gasteiger partial charge in [0.2, 0.25) is 0 Å². The number of anilines is 2. The molecule has 0 saturated heterocycles. The quantitative estimate of drug-likeness (QED) is 0.637. The molecule has 0 bridgehead atoms. The second-order valence-electron chi connectivity index (χ2n) is 4.95. The monoisotopic (exact) mass is 275 g/mol. The largest absolute Gasteiger partial charge is 0.341 e. The second-order valence-corrected chi connectivity index (χ2v) is 4.95. The fraction of sp³-hybridized carbons (Fsp3) is 0.105. The molecule has 0 aliphatic carbocycles. The Labute approximate surface area is 124 Å². The van der Waals surface area contributed by atoms with E-state index in [4.69, 9.17) is 0 Å². The van der Waals surface area contributed by atoms with Crippen LogP contribution in [0, 0.1) is 0 Å². The Kier molecular flexibility index (Phi) is 3.69. The summed E-state index contributed by atoms with van der Waals surface area (Å²) in [6, 6.07) is 22.4. The maximum atomic E-state index is 10.8. The molecule has 21 heavy (non-hydrogen) atoms. The number of aldehydes is 1. The van der Waals surface area contributed by atoms with Crippen molar-refractivity contribution in [2.75, 3.05) is 11.4 Å². The van der Waals surface area contributed by atoms with Crippen LogP contribution in [0.25, 0.3) is 10.8 Å². The van der Waals surface area contributed by atoms with Crippen molar-refractivity contribution in [3.63, 3.8) is 0 Å². The summed E-state index contributed by atoms with van der Waals surface area (Å²) in [4.78, 5) is 13.0. The van der Waals surface area contributed by atoms with Crippen LogP contribution in [0.1, 0.15) is 17.3 Å². The molecule has 3 aromatic carbocycles. The minimum Gasteiger partial charge on any atom is -0.341 e. The zero-order valence-corrected chi connectivity index (χ0v) is 12.0. The molecule has 0 saturated carbocycles. The zero-order chi connectivity index (χ0) is 14.7. The van der Waals surface area contributed by atoms with E-state index in [9.17, 15) is 4.79 Å². The van der Waals surface area contributed by atoms with Crippen LogP contribution < -0.4 is 4.90 Å². The van der Waals surface area contributed by atoms with Gasteiger partial charge in [0.25, 0.3) is 0 Å². The Hall–Kier alpha value is -2.61. The highest BCUT2D eigenvalue weighted by molar-refractivity contribution is 5.96. The highest BCUT2D eigenvalue weighted by Crippen LogP contribution is 2.32. The van der Waals surface area contributed by atoms with E-state index in [-0.39, 0.29) is 0 Å². The number of hydrogen-bond donors (Lipinski definition) is 0. The predicted octanol–water partition coefficient (Wildman–Crippen LogP) is 4.81. The number of benzene rings is 3. The maximum Gasteiger partial charge on any atom is 0.150 e. The van der Waals surface area contributed by atoms with Gasteiger partial charge in [-0.3, -0.25) is 4.79 Å². The van der Waals surface area contributed by atoms with Gasteiger partial charge >= 0.3 is 0 Å². The molecule has 0 aliphatic rings. The predicted molar refractivity (Wildman–Crippen MR) is 88.5 cm³/mol. The summed E-state index contributed by atoms with van der Waals surface area (Å²) in [5.74, 6) is 0. The summed E-state index contributed by atoms with van der Waals surface area (Å²) >= 11 is 0. The van der Waals surface area contributed by atoms with Crippen LogP contribution in [0.3, 0.4) is 0 Å². The first-order chi connectivity index (χ1) is 10.3. The lowest BCUT2D eigenvalue weighted by Gasteiger charge is -2.25. The van der Waals surface area contributed by atoms with Gasteiger partial charge in [0.05, 0.1) is 0 Å². The Morgan fingerprint density at radius 3 is 2.33 bits per heavy atom. The summed E-state index contributed by atoms with van der Waals surface area (Å²) in [5.41, 5.74) is 2.99. The Bertz CT molecular complexity index is 757. The minimum atomic E-state index is 0.702. The molecule has 2 nitrogen and oxygen atoms in total. The van der Waals surface area contributed by atoms with Gasteiger partial charge in [-0.15, -0.1) is 0 Å². The molecule has 3 aromatic rings. The lowest BCUT2D eigenvalue weighted by Crippen LogP contribution is -2.16. The molecule has 0 fully saturated rings. The van der Waals surface area contributed by atoms with Gasteiger partial charge in [-0.2, -0.15) is 0 Å². The fourth-order valence-electron chi connectivity index (χ4n) is 2.67. The molecule has 0 spiro atoms. The smallest absolute Gasteiger partial charge is 0.150 e. The SMILES string of the molecule is CCN(c1ccc(C=O)cc1)c1cccc2ccccc12. The van der Waals surface area contributed by atoms with E-state index in [1.807, 2.05) is 24.3 Å². The first-order valence-electron chi connectivity index (χ1n) is 7.14. The lowest BCUT2D eigenvalue weighted by atomic mass is 10.1. The van der Waals surface area contributed by atoms with E-state index in [1.165, 1.54) is 16.5 Å². The average molecular weight is 275 g/mol. The number of nitrogens with zero attached hydrogens (tertiary/aromatic N) is 1. The summed E-state index contributed by atoms with van der Waals surface area (Å²) < 4.78 is 0. The number of hydrogen-bond acceptors (Lipinski definition) is 2. The standard InChI is InChI=1S/C19H17NO/c1-2-20(17-12-10-15(14-21)11-13-17)19-9-5-7-16-6-3-4-8-18(16)19/h3-14H,2H2,1H3. The minimum absolute atomic E-state index is 0.702. The van der Waals surface area contributed by atoms with Gasteiger partial charge in [0.1, 0.15) is 6.29 Å². The van der Waals surface area contributed by atoms with E-state index in [0.717, 1.165) is 18.5 Å². The Balaban J connectivity index is 2.11. The summed E-state index contributed by atoms with van der Waals surface area (Å²) in [6.45, 7) is 3.00. The van der Waals surface area contributed by atoms with Gasteiger partial charge < -0.3 is 4.90 Å². The van der Waals surface area contributed by atoms with Crippen molar-refractivity contribution in [2.45, 2.75) is 6.92 Å². The van der Waals surface area contributed by atoms with Crippen LogP contribution in [-0.2, 0) is 0 Å².